The highest BCUT2D eigenvalue weighted by atomic mass is 16.3. The molecule has 1 aliphatic rings. The SMILES string of the molecule is C=C1/C(=C/CCCCCC)CC[C@H]1[C@@H](O)C(C)(C)C. The minimum absolute atomic E-state index is 0.0514. The first-order valence-corrected chi connectivity index (χ1v) is 7.94. The highest BCUT2D eigenvalue weighted by molar-refractivity contribution is 5.36. The molecular formula is C18H32O. The molecule has 0 radical (unpaired) electrons. The Hall–Kier alpha value is -0.560. The molecule has 1 aliphatic carbocycles. The van der Waals surface area contributed by atoms with Gasteiger partial charge in [0.15, 0.2) is 0 Å². The number of allylic oxidation sites excluding steroid dienone is 2. The first-order valence-electron chi connectivity index (χ1n) is 7.94. The largest absolute Gasteiger partial charge is 0.392 e. The summed E-state index contributed by atoms with van der Waals surface area (Å²) in [5, 5.41) is 10.4. The fourth-order valence-corrected chi connectivity index (χ4v) is 2.92. The van der Waals surface area contributed by atoms with Crippen LogP contribution in [0.3, 0.4) is 0 Å². The van der Waals surface area contributed by atoms with Crippen molar-refractivity contribution in [2.75, 3.05) is 0 Å². The second kappa shape index (κ2) is 7.28. The number of hydrogen-bond donors (Lipinski definition) is 1. The van der Waals surface area contributed by atoms with Crippen molar-refractivity contribution in [3.8, 4) is 0 Å². The lowest BCUT2D eigenvalue weighted by atomic mass is 9.79. The zero-order chi connectivity index (χ0) is 14.5. The van der Waals surface area contributed by atoms with Crippen LogP contribution in [0.25, 0.3) is 0 Å². The van der Waals surface area contributed by atoms with E-state index in [4.69, 9.17) is 0 Å². The molecule has 1 fully saturated rings. The minimum atomic E-state index is -0.272. The third-order valence-electron chi connectivity index (χ3n) is 4.30. The van der Waals surface area contributed by atoms with Crippen molar-refractivity contribution >= 4 is 0 Å². The number of rotatable bonds is 6. The summed E-state index contributed by atoms with van der Waals surface area (Å²) >= 11 is 0. The van der Waals surface area contributed by atoms with Gasteiger partial charge in [-0.15, -0.1) is 0 Å². The quantitative estimate of drug-likeness (QED) is 0.649. The molecule has 0 aliphatic heterocycles. The van der Waals surface area contributed by atoms with Crippen molar-refractivity contribution in [1.29, 1.82) is 0 Å². The molecule has 1 N–H and O–H groups in total. The summed E-state index contributed by atoms with van der Waals surface area (Å²) in [6.07, 6.45) is 10.7. The summed E-state index contributed by atoms with van der Waals surface area (Å²) in [4.78, 5) is 0. The molecule has 1 heteroatoms. The van der Waals surface area contributed by atoms with Gasteiger partial charge in [0.1, 0.15) is 0 Å². The maximum absolute atomic E-state index is 10.4. The lowest BCUT2D eigenvalue weighted by molar-refractivity contribution is 0.0266. The molecule has 2 atom stereocenters. The van der Waals surface area contributed by atoms with Crippen LogP contribution in [0.15, 0.2) is 23.8 Å². The van der Waals surface area contributed by atoms with Crippen LogP contribution >= 0.6 is 0 Å². The van der Waals surface area contributed by atoms with Gasteiger partial charge < -0.3 is 5.11 Å². The summed E-state index contributed by atoms with van der Waals surface area (Å²) in [6, 6.07) is 0. The highest BCUT2D eigenvalue weighted by Gasteiger charge is 2.36. The van der Waals surface area contributed by atoms with Crippen LogP contribution in [-0.2, 0) is 0 Å². The van der Waals surface area contributed by atoms with Gasteiger partial charge in [0.25, 0.3) is 0 Å². The molecule has 0 bridgehead atoms. The third kappa shape index (κ3) is 4.80. The number of hydrogen-bond acceptors (Lipinski definition) is 1. The van der Waals surface area contributed by atoms with Crippen molar-refractivity contribution in [2.24, 2.45) is 11.3 Å². The average molecular weight is 264 g/mol. The van der Waals surface area contributed by atoms with Crippen LogP contribution in [0.1, 0.15) is 72.6 Å². The summed E-state index contributed by atoms with van der Waals surface area (Å²) in [6.45, 7) is 12.8. The molecule has 1 nitrogen and oxygen atoms in total. The monoisotopic (exact) mass is 264 g/mol. The van der Waals surface area contributed by atoms with E-state index in [0.29, 0.717) is 0 Å². The fraction of sp³-hybridized carbons (Fsp3) is 0.778. The van der Waals surface area contributed by atoms with E-state index < -0.39 is 0 Å². The predicted octanol–water partition coefficient (Wildman–Crippen LogP) is 5.26. The van der Waals surface area contributed by atoms with Gasteiger partial charge in [0.05, 0.1) is 6.10 Å². The molecule has 1 saturated carbocycles. The number of unbranched alkanes of at least 4 members (excludes halogenated alkanes) is 4. The van der Waals surface area contributed by atoms with Crippen molar-refractivity contribution in [3.05, 3.63) is 23.8 Å². The van der Waals surface area contributed by atoms with Gasteiger partial charge in [0, 0.05) is 5.92 Å². The number of aliphatic hydroxyl groups excluding tert-OH is 1. The Morgan fingerprint density at radius 2 is 2.00 bits per heavy atom. The molecule has 0 amide bonds. The molecule has 0 aromatic carbocycles. The number of aliphatic hydroxyl groups is 1. The Morgan fingerprint density at radius 3 is 2.58 bits per heavy atom. The Morgan fingerprint density at radius 1 is 1.32 bits per heavy atom. The average Bonchev–Trinajstić information content (AvgIpc) is 2.68. The molecule has 0 unspecified atom stereocenters. The van der Waals surface area contributed by atoms with Gasteiger partial charge >= 0.3 is 0 Å². The van der Waals surface area contributed by atoms with Gasteiger partial charge in [-0.2, -0.15) is 0 Å². The highest BCUT2D eigenvalue weighted by Crippen LogP contribution is 2.41. The molecular weight excluding hydrogens is 232 g/mol. The predicted molar refractivity (Wildman–Crippen MR) is 84.2 cm³/mol. The van der Waals surface area contributed by atoms with Gasteiger partial charge in [-0.25, -0.2) is 0 Å². The van der Waals surface area contributed by atoms with E-state index in [-0.39, 0.29) is 17.4 Å². The van der Waals surface area contributed by atoms with Crippen LogP contribution in [0.4, 0.5) is 0 Å². The van der Waals surface area contributed by atoms with E-state index >= 15 is 0 Å². The smallest absolute Gasteiger partial charge is 0.0656 e. The molecule has 0 spiro atoms. The second-order valence-corrected chi connectivity index (χ2v) is 7.06. The standard InChI is InChI=1S/C18H32O/c1-6-7-8-9-10-11-15-12-13-16(14(15)2)17(19)18(3,4)5/h11,16-17,19H,2,6-10,12-13H2,1,3-5H3/b15-11+/t16-,17-/m1/s1. The van der Waals surface area contributed by atoms with Crippen LogP contribution in [0, 0.1) is 11.3 Å². The van der Waals surface area contributed by atoms with E-state index in [1.54, 1.807) is 0 Å². The zero-order valence-corrected chi connectivity index (χ0v) is 13.3. The van der Waals surface area contributed by atoms with Crippen molar-refractivity contribution in [1.82, 2.24) is 0 Å². The lowest BCUT2D eigenvalue weighted by Crippen LogP contribution is -2.33. The molecule has 0 aromatic rings. The third-order valence-corrected chi connectivity index (χ3v) is 4.30. The Balaban J connectivity index is 2.49. The van der Waals surface area contributed by atoms with Crippen LogP contribution in [0.5, 0.6) is 0 Å². The van der Waals surface area contributed by atoms with Gasteiger partial charge in [0.2, 0.25) is 0 Å². The summed E-state index contributed by atoms with van der Waals surface area (Å²) in [5.41, 5.74) is 2.55. The lowest BCUT2D eigenvalue weighted by Gasteiger charge is -2.31. The van der Waals surface area contributed by atoms with E-state index in [1.165, 1.54) is 43.3 Å². The topological polar surface area (TPSA) is 20.2 Å². The van der Waals surface area contributed by atoms with E-state index in [0.717, 1.165) is 12.8 Å². The van der Waals surface area contributed by atoms with E-state index in [2.05, 4.69) is 40.3 Å². The Bertz CT molecular complexity index is 319. The molecule has 0 heterocycles. The zero-order valence-electron chi connectivity index (χ0n) is 13.3. The molecule has 0 aromatic heterocycles. The van der Waals surface area contributed by atoms with Crippen molar-refractivity contribution < 1.29 is 5.11 Å². The summed E-state index contributed by atoms with van der Waals surface area (Å²) in [5.74, 6) is 0.266. The first-order chi connectivity index (χ1) is 8.88. The van der Waals surface area contributed by atoms with Crippen LogP contribution in [0.2, 0.25) is 0 Å². The second-order valence-electron chi connectivity index (χ2n) is 7.06. The van der Waals surface area contributed by atoms with Crippen molar-refractivity contribution in [2.45, 2.75) is 78.7 Å². The van der Waals surface area contributed by atoms with Gasteiger partial charge in [-0.3, -0.25) is 0 Å². The normalized spacial score (nSPS) is 24.2. The first kappa shape index (κ1) is 16.5. The molecule has 19 heavy (non-hydrogen) atoms. The van der Waals surface area contributed by atoms with Crippen molar-refractivity contribution in [3.63, 3.8) is 0 Å². The minimum Gasteiger partial charge on any atom is -0.392 e. The Labute approximate surface area is 119 Å². The Kier molecular flexibility index (Phi) is 6.32. The molecule has 110 valence electrons. The van der Waals surface area contributed by atoms with Crippen LogP contribution in [-0.4, -0.2) is 11.2 Å². The van der Waals surface area contributed by atoms with Gasteiger partial charge in [-0.05, 0) is 42.2 Å². The van der Waals surface area contributed by atoms with E-state index in [1.807, 2.05) is 0 Å². The fourth-order valence-electron chi connectivity index (χ4n) is 2.92. The van der Waals surface area contributed by atoms with E-state index in [9.17, 15) is 5.11 Å². The van der Waals surface area contributed by atoms with Gasteiger partial charge in [-0.1, -0.05) is 59.6 Å². The molecule has 0 saturated heterocycles. The maximum Gasteiger partial charge on any atom is 0.0656 e. The summed E-state index contributed by atoms with van der Waals surface area (Å²) in [7, 11) is 0. The van der Waals surface area contributed by atoms with Crippen LogP contribution < -0.4 is 0 Å². The molecule has 1 rings (SSSR count). The maximum atomic E-state index is 10.4. The summed E-state index contributed by atoms with van der Waals surface area (Å²) < 4.78 is 0.